The number of fused-ring (bicyclic) bond motifs is 1. The van der Waals surface area contributed by atoms with Gasteiger partial charge in [0.25, 0.3) is 6.01 Å². The lowest BCUT2D eigenvalue weighted by Gasteiger charge is -2.21. The van der Waals surface area contributed by atoms with Gasteiger partial charge in [-0.3, -0.25) is 0 Å². The summed E-state index contributed by atoms with van der Waals surface area (Å²) in [7, 11) is 1.62. The average molecular weight is 525 g/mol. The number of anilines is 1. The first-order valence-electron chi connectivity index (χ1n) is 12.0. The Labute approximate surface area is 220 Å². The van der Waals surface area contributed by atoms with E-state index in [0.717, 1.165) is 17.1 Å². The van der Waals surface area contributed by atoms with Crippen molar-refractivity contribution >= 4 is 34.7 Å². The number of carboxylic acids is 1. The summed E-state index contributed by atoms with van der Waals surface area (Å²) in [6.07, 6.45) is 0.153. The number of aromatic nitrogens is 1. The van der Waals surface area contributed by atoms with Crippen molar-refractivity contribution in [2.45, 2.75) is 25.9 Å². The van der Waals surface area contributed by atoms with E-state index in [2.05, 4.69) is 4.98 Å². The highest BCUT2D eigenvalue weighted by Crippen LogP contribution is 2.25. The molecule has 0 radical (unpaired) electrons. The van der Waals surface area contributed by atoms with Crippen LogP contribution in [-0.2, 0) is 11.2 Å². The number of ether oxygens (including phenoxy) is 3. The molecule has 0 fully saturated rings. The van der Waals surface area contributed by atoms with Crippen LogP contribution in [0.15, 0.2) is 71.1 Å². The van der Waals surface area contributed by atoms with Gasteiger partial charge >= 0.3 is 5.97 Å². The van der Waals surface area contributed by atoms with Crippen molar-refractivity contribution in [2.75, 3.05) is 31.7 Å². The number of carbonyl (C=O) groups is 1. The van der Waals surface area contributed by atoms with Crippen LogP contribution in [-0.4, -0.2) is 49.0 Å². The zero-order valence-electron chi connectivity index (χ0n) is 20.7. The highest BCUT2D eigenvalue weighted by Gasteiger charge is 2.18. The van der Waals surface area contributed by atoms with E-state index in [1.54, 1.807) is 38.3 Å². The molecule has 4 aromatic rings. The quantitative estimate of drug-likeness (QED) is 0.232. The average Bonchev–Trinajstić information content (AvgIpc) is 3.32. The van der Waals surface area contributed by atoms with E-state index in [1.807, 2.05) is 47.4 Å². The number of nitrogens with zero attached hydrogens (tertiary/aromatic N) is 2. The fourth-order valence-corrected chi connectivity index (χ4v) is 3.95. The van der Waals surface area contributed by atoms with E-state index in [4.69, 9.17) is 30.2 Å². The number of oxazole rings is 1. The predicted octanol–water partition coefficient (Wildman–Crippen LogP) is 5.86. The molecule has 1 unspecified atom stereocenters. The van der Waals surface area contributed by atoms with Crippen LogP contribution in [0, 0.1) is 0 Å². The lowest BCUT2D eigenvalue weighted by molar-refractivity contribution is -0.145. The second kappa shape index (κ2) is 12.4. The van der Waals surface area contributed by atoms with Crippen LogP contribution in [0.25, 0.3) is 11.1 Å². The monoisotopic (exact) mass is 524 g/mol. The number of hydrogen-bond acceptors (Lipinski definition) is 7. The van der Waals surface area contributed by atoms with Gasteiger partial charge in [0.2, 0.25) is 0 Å². The summed E-state index contributed by atoms with van der Waals surface area (Å²) >= 11 is 6.13. The first-order valence-corrected chi connectivity index (χ1v) is 12.4. The molecule has 0 aliphatic carbocycles. The summed E-state index contributed by atoms with van der Waals surface area (Å²) in [5.41, 5.74) is 2.33. The zero-order valence-corrected chi connectivity index (χ0v) is 21.5. The lowest BCUT2D eigenvalue weighted by atomic mass is 10.1. The molecule has 3 aromatic carbocycles. The molecule has 0 saturated heterocycles. The largest absolute Gasteiger partial charge is 0.497 e. The number of hydrogen-bond donors (Lipinski definition) is 1. The third-order valence-electron chi connectivity index (χ3n) is 5.79. The van der Waals surface area contributed by atoms with Crippen molar-refractivity contribution in [2.24, 2.45) is 0 Å². The Hall–Kier alpha value is -3.91. The fraction of sp³-hybridized carbons (Fsp3) is 0.286. The number of halogens is 1. The fourth-order valence-electron chi connectivity index (χ4n) is 3.78. The van der Waals surface area contributed by atoms with E-state index in [-0.39, 0.29) is 0 Å². The molecule has 1 N–H and O–H groups in total. The molecule has 0 aliphatic rings. The van der Waals surface area contributed by atoms with Crippen molar-refractivity contribution < 1.29 is 28.5 Å². The summed E-state index contributed by atoms with van der Waals surface area (Å²) in [5, 5.41) is 9.89. The molecule has 194 valence electrons. The van der Waals surface area contributed by atoms with Crippen molar-refractivity contribution in [3.8, 4) is 17.2 Å². The van der Waals surface area contributed by atoms with E-state index in [1.165, 1.54) is 0 Å². The molecule has 0 bridgehead atoms. The van der Waals surface area contributed by atoms with Gasteiger partial charge in [-0.2, -0.15) is 4.98 Å². The van der Waals surface area contributed by atoms with Gasteiger partial charge in [-0.25, -0.2) is 4.79 Å². The molecule has 4 rings (SSSR count). The van der Waals surface area contributed by atoms with Gasteiger partial charge in [-0.05, 0) is 73.0 Å². The van der Waals surface area contributed by atoms with E-state index in [0.29, 0.717) is 60.4 Å². The molecule has 1 heterocycles. The minimum atomic E-state index is -0.980. The third-order valence-corrected chi connectivity index (χ3v) is 6.03. The van der Waals surface area contributed by atoms with E-state index in [9.17, 15) is 9.90 Å². The van der Waals surface area contributed by atoms with Gasteiger partial charge in [0, 0.05) is 11.6 Å². The Kier molecular flexibility index (Phi) is 8.74. The van der Waals surface area contributed by atoms with Crippen LogP contribution >= 0.6 is 11.6 Å². The van der Waals surface area contributed by atoms with Crippen molar-refractivity contribution in [3.63, 3.8) is 0 Å². The Balaban J connectivity index is 1.47. The maximum atomic E-state index is 11.3. The van der Waals surface area contributed by atoms with Crippen LogP contribution in [0.4, 0.5) is 6.01 Å². The molecule has 1 atom stereocenters. The van der Waals surface area contributed by atoms with Crippen LogP contribution in [0.1, 0.15) is 18.9 Å². The summed E-state index contributed by atoms with van der Waals surface area (Å²) in [5.74, 6) is 1.04. The van der Waals surface area contributed by atoms with Gasteiger partial charge in [-0.15, -0.1) is 0 Å². The topological polar surface area (TPSA) is 94.3 Å². The molecule has 8 nitrogen and oxygen atoms in total. The van der Waals surface area contributed by atoms with Gasteiger partial charge < -0.3 is 28.6 Å². The summed E-state index contributed by atoms with van der Waals surface area (Å²) < 4.78 is 22.8. The molecule has 0 aliphatic heterocycles. The van der Waals surface area contributed by atoms with E-state index >= 15 is 0 Å². The SMILES string of the molecule is CCC(Oc1cccc(CCN(CCOc2ccc(OC)cc2)c2nc3cc(Cl)ccc3o2)c1)C(=O)O. The first kappa shape index (κ1) is 26.2. The molecule has 0 spiro atoms. The van der Waals surface area contributed by atoms with Crippen molar-refractivity contribution in [1.82, 2.24) is 4.98 Å². The first-order chi connectivity index (χ1) is 17.9. The number of aliphatic carboxylic acids is 1. The Morgan fingerprint density at radius 2 is 1.84 bits per heavy atom. The van der Waals surface area contributed by atoms with Crippen LogP contribution in [0.5, 0.6) is 17.2 Å². The Bertz CT molecular complexity index is 1320. The molecule has 1 aromatic heterocycles. The van der Waals surface area contributed by atoms with E-state index < -0.39 is 12.1 Å². The van der Waals surface area contributed by atoms with Crippen molar-refractivity contribution in [3.05, 3.63) is 77.3 Å². The minimum absolute atomic E-state index is 0.378. The van der Waals surface area contributed by atoms with Gasteiger partial charge in [0.15, 0.2) is 11.7 Å². The Morgan fingerprint density at radius 3 is 2.57 bits per heavy atom. The van der Waals surface area contributed by atoms with Crippen LogP contribution < -0.4 is 19.1 Å². The summed E-state index contributed by atoms with van der Waals surface area (Å²) in [4.78, 5) is 18.0. The van der Waals surface area contributed by atoms with Crippen LogP contribution in [0.3, 0.4) is 0 Å². The second-order valence-corrected chi connectivity index (χ2v) is 8.81. The van der Waals surface area contributed by atoms with Gasteiger partial charge in [0.1, 0.15) is 29.4 Å². The number of rotatable bonds is 13. The maximum absolute atomic E-state index is 11.3. The lowest BCUT2D eigenvalue weighted by Crippen LogP contribution is -2.30. The number of benzene rings is 3. The number of carboxylic acid groups (broad SMARTS) is 1. The van der Waals surface area contributed by atoms with Gasteiger partial charge in [-0.1, -0.05) is 30.7 Å². The Morgan fingerprint density at radius 1 is 1.05 bits per heavy atom. The van der Waals surface area contributed by atoms with Crippen molar-refractivity contribution in [1.29, 1.82) is 0 Å². The second-order valence-electron chi connectivity index (χ2n) is 8.37. The molecule has 9 heteroatoms. The third kappa shape index (κ3) is 7.07. The molecular formula is C28H29ClN2O6. The molecule has 0 saturated carbocycles. The molecular weight excluding hydrogens is 496 g/mol. The smallest absolute Gasteiger partial charge is 0.344 e. The standard InChI is InChI=1S/C28H29ClN2O6/c1-3-25(27(32)33)36-23-6-4-5-19(17-23)13-14-31(15-16-35-22-10-8-21(34-2)9-11-22)28-30-24-18-20(29)7-12-26(24)37-28/h4-12,17-18,25H,3,13-16H2,1-2H3,(H,32,33). The highest BCUT2D eigenvalue weighted by molar-refractivity contribution is 6.31. The van der Waals surface area contributed by atoms with Crippen LogP contribution in [0.2, 0.25) is 5.02 Å². The summed E-state index contributed by atoms with van der Waals surface area (Å²) in [6, 6.07) is 20.7. The van der Waals surface area contributed by atoms with Gasteiger partial charge in [0.05, 0.1) is 13.7 Å². The predicted molar refractivity (Wildman–Crippen MR) is 142 cm³/mol. The minimum Gasteiger partial charge on any atom is -0.497 e. The number of methoxy groups -OCH3 is 1. The highest BCUT2D eigenvalue weighted by atomic mass is 35.5. The molecule has 0 amide bonds. The maximum Gasteiger partial charge on any atom is 0.344 e. The zero-order chi connectivity index (χ0) is 26.2. The summed E-state index contributed by atoms with van der Waals surface area (Å²) in [6.45, 7) is 3.31. The normalized spacial score (nSPS) is 11.8. The molecule has 37 heavy (non-hydrogen) atoms.